The first-order valence-corrected chi connectivity index (χ1v) is 4.95. The van der Waals surface area contributed by atoms with E-state index in [1.165, 1.54) is 0 Å². The maximum absolute atomic E-state index is 9.22. The number of isothiocyanates is 1. The van der Waals surface area contributed by atoms with Gasteiger partial charge >= 0.3 is 0 Å². The van der Waals surface area contributed by atoms with Crippen LogP contribution >= 0.6 is 28.1 Å². The second kappa shape index (κ2) is 5.12. The molecule has 0 fully saturated rings. The first-order chi connectivity index (χ1) is 6.24. The number of phenols is 1. The van der Waals surface area contributed by atoms with Gasteiger partial charge < -0.3 is 5.11 Å². The van der Waals surface area contributed by atoms with Crippen molar-refractivity contribution < 1.29 is 5.11 Å². The predicted molar refractivity (Wildman–Crippen MR) is 59.4 cm³/mol. The molecule has 13 heavy (non-hydrogen) atoms. The minimum absolute atomic E-state index is 0.252. The van der Waals surface area contributed by atoms with Crippen molar-refractivity contribution in [3.8, 4) is 5.75 Å². The Labute approximate surface area is 90.4 Å². The summed E-state index contributed by atoms with van der Waals surface area (Å²) in [7, 11) is 0. The lowest BCUT2D eigenvalue weighted by Gasteiger charge is -2.00. The molecule has 1 aromatic rings. The maximum atomic E-state index is 9.22. The Hall–Kier alpha value is -0.700. The van der Waals surface area contributed by atoms with Gasteiger partial charge in [-0.25, -0.2) is 4.99 Å². The van der Waals surface area contributed by atoms with E-state index in [0.717, 1.165) is 12.0 Å². The molecule has 0 aliphatic carbocycles. The second-order valence-electron chi connectivity index (χ2n) is 2.51. The van der Waals surface area contributed by atoms with Crippen molar-refractivity contribution in [2.75, 3.05) is 6.54 Å². The highest BCUT2D eigenvalue weighted by molar-refractivity contribution is 9.10. The Kier molecular flexibility index (Phi) is 4.09. The summed E-state index contributed by atoms with van der Waals surface area (Å²) in [4.78, 5) is 3.81. The lowest BCUT2D eigenvalue weighted by atomic mass is 10.1. The number of hydrogen-bond donors (Lipinski definition) is 1. The van der Waals surface area contributed by atoms with E-state index in [2.05, 4.69) is 38.3 Å². The number of aliphatic imine (C=N–C) groups is 1. The normalized spacial score (nSPS) is 9.31. The Morgan fingerprint density at radius 1 is 1.54 bits per heavy atom. The number of halogens is 1. The molecular weight excluding hydrogens is 250 g/mol. The number of aromatic hydroxyl groups is 1. The molecule has 0 aliphatic rings. The van der Waals surface area contributed by atoms with E-state index in [9.17, 15) is 5.11 Å². The Balaban J connectivity index is 2.68. The van der Waals surface area contributed by atoms with Gasteiger partial charge in [0.15, 0.2) is 0 Å². The van der Waals surface area contributed by atoms with Gasteiger partial charge in [-0.2, -0.15) is 0 Å². The van der Waals surface area contributed by atoms with Crippen LogP contribution in [0.2, 0.25) is 0 Å². The highest BCUT2D eigenvalue weighted by Gasteiger charge is 1.98. The van der Waals surface area contributed by atoms with Gasteiger partial charge in [-0.1, -0.05) is 6.07 Å². The summed E-state index contributed by atoms with van der Waals surface area (Å²) in [6.07, 6.45) is 0.808. The standard InChI is InChI=1S/C9H8BrNOS/c10-8-5-7(1-2-9(8)12)3-4-11-6-13/h1-2,5,12H,3-4H2. The average Bonchev–Trinajstić information content (AvgIpc) is 2.12. The largest absolute Gasteiger partial charge is 0.507 e. The zero-order valence-electron chi connectivity index (χ0n) is 6.83. The summed E-state index contributed by atoms with van der Waals surface area (Å²) < 4.78 is 0.705. The molecule has 0 bridgehead atoms. The van der Waals surface area contributed by atoms with Crippen molar-refractivity contribution in [3.05, 3.63) is 28.2 Å². The minimum atomic E-state index is 0.252. The summed E-state index contributed by atoms with van der Waals surface area (Å²) in [6.45, 7) is 0.640. The van der Waals surface area contributed by atoms with Crippen molar-refractivity contribution in [1.29, 1.82) is 0 Å². The number of benzene rings is 1. The number of thiocarbonyl (C=S) groups is 1. The quantitative estimate of drug-likeness (QED) is 0.668. The van der Waals surface area contributed by atoms with Crippen LogP contribution in [-0.4, -0.2) is 16.8 Å². The smallest absolute Gasteiger partial charge is 0.129 e. The third-order valence-corrected chi connectivity index (χ3v) is 2.35. The van der Waals surface area contributed by atoms with E-state index in [1.54, 1.807) is 6.07 Å². The van der Waals surface area contributed by atoms with Gasteiger partial charge in [0.25, 0.3) is 0 Å². The molecule has 1 rings (SSSR count). The highest BCUT2D eigenvalue weighted by atomic mass is 79.9. The summed E-state index contributed by atoms with van der Waals surface area (Å²) >= 11 is 7.69. The van der Waals surface area contributed by atoms with Gasteiger partial charge in [-0.05, 0) is 52.3 Å². The van der Waals surface area contributed by atoms with Crippen LogP contribution in [0.4, 0.5) is 0 Å². The molecule has 0 unspecified atom stereocenters. The van der Waals surface area contributed by atoms with Gasteiger partial charge in [-0.15, -0.1) is 0 Å². The Morgan fingerprint density at radius 3 is 2.92 bits per heavy atom. The van der Waals surface area contributed by atoms with E-state index < -0.39 is 0 Å². The molecule has 0 atom stereocenters. The highest BCUT2D eigenvalue weighted by Crippen LogP contribution is 2.24. The second-order valence-corrected chi connectivity index (χ2v) is 3.55. The first kappa shape index (κ1) is 10.4. The number of rotatable bonds is 3. The Morgan fingerprint density at radius 2 is 2.31 bits per heavy atom. The molecule has 0 saturated carbocycles. The summed E-state index contributed by atoms with van der Waals surface area (Å²) in [6, 6.07) is 5.38. The van der Waals surface area contributed by atoms with Crippen molar-refractivity contribution in [1.82, 2.24) is 0 Å². The fourth-order valence-corrected chi connectivity index (χ4v) is 1.45. The van der Waals surface area contributed by atoms with Crippen molar-refractivity contribution in [3.63, 3.8) is 0 Å². The molecule has 0 amide bonds. The molecule has 0 aliphatic heterocycles. The molecule has 2 nitrogen and oxygen atoms in total. The van der Waals surface area contributed by atoms with Gasteiger partial charge in [0.2, 0.25) is 0 Å². The minimum Gasteiger partial charge on any atom is -0.507 e. The third-order valence-electron chi connectivity index (χ3n) is 1.59. The fourth-order valence-electron chi connectivity index (χ4n) is 0.937. The lowest BCUT2D eigenvalue weighted by molar-refractivity contribution is 0.471. The van der Waals surface area contributed by atoms with Crippen LogP contribution in [0.15, 0.2) is 27.7 Å². The molecule has 4 heteroatoms. The first-order valence-electron chi connectivity index (χ1n) is 3.75. The molecule has 0 heterocycles. The third kappa shape index (κ3) is 3.27. The zero-order valence-corrected chi connectivity index (χ0v) is 9.23. The van der Waals surface area contributed by atoms with Crippen LogP contribution in [0.1, 0.15) is 5.56 Å². The summed E-state index contributed by atoms with van der Waals surface area (Å²) in [5, 5.41) is 11.5. The van der Waals surface area contributed by atoms with Crippen LogP contribution in [0.25, 0.3) is 0 Å². The molecule has 1 aromatic carbocycles. The van der Waals surface area contributed by atoms with E-state index >= 15 is 0 Å². The number of hydrogen-bond acceptors (Lipinski definition) is 3. The van der Waals surface area contributed by atoms with Gasteiger partial charge in [0.05, 0.1) is 16.2 Å². The topological polar surface area (TPSA) is 32.6 Å². The summed E-state index contributed by atoms with van der Waals surface area (Å²) in [5.74, 6) is 0.252. The van der Waals surface area contributed by atoms with E-state index in [4.69, 9.17) is 0 Å². The molecule has 0 radical (unpaired) electrons. The predicted octanol–water partition coefficient (Wildman–Crippen LogP) is 2.80. The molecule has 0 spiro atoms. The molecule has 0 saturated heterocycles. The van der Waals surface area contributed by atoms with Gasteiger partial charge in [0, 0.05) is 0 Å². The van der Waals surface area contributed by atoms with Crippen molar-refractivity contribution in [2.45, 2.75) is 6.42 Å². The van der Waals surface area contributed by atoms with Gasteiger partial charge in [0.1, 0.15) is 5.75 Å². The van der Waals surface area contributed by atoms with E-state index in [0.29, 0.717) is 11.0 Å². The SMILES string of the molecule is Oc1ccc(CCN=C=S)cc1Br. The van der Waals surface area contributed by atoms with Crippen molar-refractivity contribution >= 4 is 33.3 Å². The van der Waals surface area contributed by atoms with Gasteiger partial charge in [-0.3, -0.25) is 0 Å². The monoisotopic (exact) mass is 257 g/mol. The van der Waals surface area contributed by atoms with Crippen LogP contribution < -0.4 is 0 Å². The molecule has 68 valence electrons. The van der Waals surface area contributed by atoms with Crippen LogP contribution in [-0.2, 0) is 6.42 Å². The zero-order chi connectivity index (χ0) is 9.68. The van der Waals surface area contributed by atoms with E-state index in [-0.39, 0.29) is 5.75 Å². The van der Waals surface area contributed by atoms with Crippen LogP contribution in [0.3, 0.4) is 0 Å². The molecule has 1 N–H and O–H groups in total. The van der Waals surface area contributed by atoms with E-state index in [1.807, 2.05) is 12.1 Å². The summed E-state index contributed by atoms with van der Waals surface area (Å²) in [5.41, 5.74) is 1.11. The molecule has 0 aromatic heterocycles. The average molecular weight is 258 g/mol. The fraction of sp³-hybridized carbons (Fsp3) is 0.222. The lowest BCUT2D eigenvalue weighted by Crippen LogP contribution is -1.88. The van der Waals surface area contributed by atoms with Crippen LogP contribution in [0.5, 0.6) is 5.75 Å². The van der Waals surface area contributed by atoms with Crippen LogP contribution in [0, 0.1) is 0 Å². The number of phenolic OH excluding ortho intramolecular Hbond substituents is 1. The Bertz CT molecular complexity index is 347. The molecular formula is C9H8BrNOS. The number of nitrogens with zero attached hydrogens (tertiary/aromatic N) is 1. The van der Waals surface area contributed by atoms with Crippen molar-refractivity contribution in [2.24, 2.45) is 4.99 Å². The maximum Gasteiger partial charge on any atom is 0.129 e.